The van der Waals surface area contributed by atoms with Gasteiger partial charge in [0.15, 0.2) is 0 Å². The van der Waals surface area contributed by atoms with E-state index in [1.54, 1.807) is 17.4 Å². The van der Waals surface area contributed by atoms with Crippen LogP contribution in [0.1, 0.15) is 59.4 Å². The molecule has 32 heavy (non-hydrogen) atoms. The maximum absolute atomic E-state index is 13.1. The van der Waals surface area contributed by atoms with Crippen LogP contribution in [0.3, 0.4) is 0 Å². The van der Waals surface area contributed by atoms with Crippen LogP contribution in [0.5, 0.6) is 5.75 Å². The molecule has 1 aliphatic heterocycles. The molecule has 7 nitrogen and oxygen atoms in total. The predicted molar refractivity (Wildman–Crippen MR) is 124 cm³/mol. The minimum absolute atomic E-state index is 0.0826. The average molecular weight is 453 g/mol. The molecule has 1 aromatic carbocycles. The lowest BCUT2D eigenvalue weighted by Crippen LogP contribution is -2.28. The van der Waals surface area contributed by atoms with Gasteiger partial charge < -0.3 is 14.8 Å². The van der Waals surface area contributed by atoms with Crippen LogP contribution in [0.25, 0.3) is 10.6 Å². The van der Waals surface area contributed by atoms with Crippen molar-refractivity contribution >= 4 is 17.2 Å². The minimum atomic E-state index is -0.273. The van der Waals surface area contributed by atoms with Crippen LogP contribution in [0.4, 0.5) is 0 Å². The molecule has 2 aromatic heterocycles. The van der Waals surface area contributed by atoms with Crippen LogP contribution in [0.2, 0.25) is 0 Å². The smallest absolute Gasteiger partial charge is 0.251 e. The molecule has 1 amide bonds. The second kappa shape index (κ2) is 10.2. The molecule has 1 N–H and O–H groups in total. The number of benzene rings is 1. The number of aromatic nitrogens is 3. The molecule has 0 bridgehead atoms. The number of rotatable bonds is 7. The number of carbonyl (C=O) groups excluding carboxylic acids is 1. The van der Waals surface area contributed by atoms with Crippen LogP contribution in [0.15, 0.2) is 36.5 Å². The number of hydrogen-bond donors (Lipinski definition) is 1. The third-order valence-electron chi connectivity index (χ3n) is 5.40. The quantitative estimate of drug-likeness (QED) is 0.567. The number of amides is 1. The van der Waals surface area contributed by atoms with E-state index in [1.807, 2.05) is 44.3 Å². The van der Waals surface area contributed by atoms with E-state index >= 15 is 0 Å². The van der Waals surface area contributed by atoms with E-state index in [2.05, 4.69) is 27.4 Å². The highest BCUT2D eigenvalue weighted by Crippen LogP contribution is 2.31. The molecule has 3 aromatic rings. The fraction of sp³-hybridized carbons (Fsp3) is 0.417. The molecule has 3 heterocycles. The first-order valence-electron chi connectivity index (χ1n) is 11.0. The van der Waals surface area contributed by atoms with Gasteiger partial charge in [-0.25, -0.2) is 4.98 Å². The van der Waals surface area contributed by atoms with Crippen molar-refractivity contribution in [2.75, 3.05) is 13.2 Å². The molecule has 168 valence electrons. The lowest BCUT2D eigenvalue weighted by atomic mass is 10.1. The molecular weight excluding hydrogens is 424 g/mol. The van der Waals surface area contributed by atoms with E-state index in [0.717, 1.165) is 35.5 Å². The van der Waals surface area contributed by atoms with Gasteiger partial charge in [0, 0.05) is 35.0 Å². The number of hydrogen-bond acceptors (Lipinski definition) is 7. The Morgan fingerprint density at radius 2 is 2.06 bits per heavy atom. The summed E-state index contributed by atoms with van der Waals surface area (Å²) >= 11 is 1.64. The summed E-state index contributed by atoms with van der Waals surface area (Å²) < 4.78 is 11.7. The average Bonchev–Trinajstić information content (AvgIpc) is 3.29. The number of thiazole rings is 1. The second-order valence-corrected chi connectivity index (χ2v) is 9.07. The number of aryl methyl sites for hydroxylation is 2. The van der Waals surface area contributed by atoms with Gasteiger partial charge in [0.05, 0.1) is 30.6 Å². The van der Waals surface area contributed by atoms with Gasteiger partial charge in [0.2, 0.25) is 0 Å². The molecule has 8 heteroatoms. The van der Waals surface area contributed by atoms with Gasteiger partial charge in [0.25, 0.3) is 5.91 Å². The Labute approximate surface area is 192 Å². The highest BCUT2D eigenvalue weighted by Gasteiger charge is 2.19. The summed E-state index contributed by atoms with van der Waals surface area (Å²) in [6, 6.07) is 9.14. The summed E-state index contributed by atoms with van der Waals surface area (Å²) in [7, 11) is 0. The van der Waals surface area contributed by atoms with Crippen molar-refractivity contribution in [3.8, 4) is 16.3 Å². The number of ether oxygens (including phenoxy) is 2. The topological polar surface area (TPSA) is 86.2 Å². The highest BCUT2D eigenvalue weighted by molar-refractivity contribution is 7.15. The van der Waals surface area contributed by atoms with Gasteiger partial charge in [-0.3, -0.25) is 4.79 Å². The van der Waals surface area contributed by atoms with Crippen molar-refractivity contribution in [3.63, 3.8) is 0 Å². The van der Waals surface area contributed by atoms with E-state index in [9.17, 15) is 4.79 Å². The first kappa shape index (κ1) is 22.4. The highest BCUT2D eigenvalue weighted by atomic mass is 32.1. The fourth-order valence-electron chi connectivity index (χ4n) is 3.51. The summed E-state index contributed by atoms with van der Waals surface area (Å²) in [5.74, 6) is 0.487. The lowest BCUT2D eigenvalue weighted by molar-refractivity contribution is 0.0255. The van der Waals surface area contributed by atoms with Gasteiger partial charge in [-0.1, -0.05) is 6.92 Å². The molecular formula is C24H28N4O3S. The lowest BCUT2D eigenvalue weighted by Gasteiger charge is -2.24. The van der Waals surface area contributed by atoms with E-state index in [1.165, 1.54) is 4.88 Å². The predicted octanol–water partition coefficient (Wildman–Crippen LogP) is 4.52. The normalized spacial score (nSPS) is 15.3. The summed E-state index contributed by atoms with van der Waals surface area (Å²) in [5.41, 5.74) is 2.97. The van der Waals surface area contributed by atoms with E-state index < -0.39 is 0 Å². The van der Waals surface area contributed by atoms with Crippen LogP contribution < -0.4 is 10.1 Å². The van der Waals surface area contributed by atoms with Crippen LogP contribution in [-0.2, 0) is 11.2 Å². The molecule has 1 aliphatic rings. The van der Waals surface area contributed by atoms with Gasteiger partial charge >= 0.3 is 0 Å². The summed E-state index contributed by atoms with van der Waals surface area (Å²) in [6.45, 7) is 7.28. The molecule has 0 unspecified atom stereocenters. The Balaban J connectivity index is 1.59. The number of carbonyl (C=O) groups is 1. The Morgan fingerprint density at radius 1 is 1.25 bits per heavy atom. The fourth-order valence-corrected chi connectivity index (χ4v) is 4.35. The van der Waals surface area contributed by atoms with Crippen molar-refractivity contribution in [1.29, 1.82) is 0 Å². The molecule has 4 rings (SSSR count). The molecule has 1 atom stereocenters. The third-order valence-corrected chi connectivity index (χ3v) is 6.59. The number of nitrogens with zero attached hydrogens (tertiary/aromatic N) is 3. The Kier molecular flexibility index (Phi) is 7.12. The molecule has 0 aliphatic carbocycles. The standard InChI is InChI=1S/C24H28N4O3S/c1-4-21-14-25-24(32-21)18-11-17(12-20(13-18)31-19-7-9-30-10-8-19)23(29)26-16(3)22-6-5-15(2)27-28-22/h5-6,11-14,16,19H,4,7-10H2,1-3H3,(H,26,29)/t16-/m1/s1. The Bertz CT molecular complexity index is 1060. The van der Waals surface area contributed by atoms with Gasteiger partial charge in [-0.05, 0) is 50.6 Å². The Hall–Kier alpha value is -2.84. The zero-order valence-corrected chi connectivity index (χ0v) is 19.4. The van der Waals surface area contributed by atoms with Crippen LogP contribution >= 0.6 is 11.3 Å². The Morgan fingerprint density at radius 3 is 2.75 bits per heavy atom. The van der Waals surface area contributed by atoms with E-state index in [-0.39, 0.29) is 18.1 Å². The molecule has 0 spiro atoms. The number of nitrogens with one attached hydrogen (secondary N) is 1. The molecule has 0 radical (unpaired) electrons. The second-order valence-electron chi connectivity index (χ2n) is 7.96. The van der Waals surface area contributed by atoms with E-state index in [4.69, 9.17) is 9.47 Å². The third kappa shape index (κ3) is 5.49. The largest absolute Gasteiger partial charge is 0.490 e. The summed E-state index contributed by atoms with van der Waals surface area (Å²) in [5, 5.41) is 12.2. The monoisotopic (exact) mass is 452 g/mol. The summed E-state index contributed by atoms with van der Waals surface area (Å²) in [6.07, 6.45) is 4.58. The van der Waals surface area contributed by atoms with Crippen molar-refractivity contribution in [2.45, 2.75) is 52.2 Å². The van der Waals surface area contributed by atoms with Crippen molar-refractivity contribution in [3.05, 3.63) is 58.4 Å². The maximum atomic E-state index is 13.1. The van der Waals surface area contributed by atoms with Crippen molar-refractivity contribution in [1.82, 2.24) is 20.5 Å². The zero-order chi connectivity index (χ0) is 22.5. The van der Waals surface area contributed by atoms with Crippen molar-refractivity contribution in [2.24, 2.45) is 0 Å². The van der Waals surface area contributed by atoms with Crippen molar-refractivity contribution < 1.29 is 14.3 Å². The van der Waals surface area contributed by atoms with Crippen LogP contribution in [0, 0.1) is 6.92 Å². The summed E-state index contributed by atoms with van der Waals surface area (Å²) in [4.78, 5) is 18.9. The maximum Gasteiger partial charge on any atom is 0.251 e. The minimum Gasteiger partial charge on any atom is -0.490 e. The molecule has 1 fully saturated rings. The molecule has 1 saturated heterocycles. The van der Waals surface area contributed by atoms with Crippen LogP contribution in [-0.4, -0.2) is 40.4 Å². The first-order chi connectivity index (χ1) is 15.5. The zero-order valence-electron chi connectivity index (χ0n) is 18.6. The van der Waals surface area contributed by atoms with Gasteiger partial charge in [0.1, 0.15) is 16.9 Å². The molecule has 0 saturated carbocycles. The van der Waals surface area contributed by atoms with Gasteiger partial charge in [-0.2, -0.15) is 10.2 Å². The SMILES string of the molecule is CCc1cnc(-c2cc(OC3CCOCC3)cc(C(=O)N[C@H](C)c3ccc(C)nn3)c2)s1. The first-order valence-corrected chi connectivity index (χ1v) is 11.8. The van der Waals surface area contributed by atoms with Gasteiger partial charge in [-0.15, -0.1) is 11.3 Å². The van der Waals surface area contributed by atoms with E-state index in [0.29, 0.717) is 30.2 Å².